The van der Waals surface area contributed by atoms with Gasteiger partial charge in [0.2, 0.25) is 0 Å². The second-order valence-corrected chi connectivity index (χ2v) is 3.97. The first-order chi connectivity index (χ1) is 5.24. The third-order valence-electron chi connectivity index (χ3n) is 3.06. The molecular weight excluding hydrogens is 141 g/mol. The van der Waals surface area contributed by atoms with Crippen LogP contribution in [0, 0.1) is 0 Å². The maximum absolute atomic E-state index is 12.2. The van der Waals surface area contributed by atoms with Crippen molar-refractivity contribution in [2.75, 3.05) is 13.1 Å². The molecule has 0 spiro atoms. The van der Waals surface area contributed by atoms with Crippen LogP contribution < -0.4 is 0 Å². The van der Waals surface area contributed by atoms with Crippen LogP contribution >= 0.6 is 0 Å². The molecule has 2 aliphatic heterocycles. The van der Waals surface area contributed by atoms with E-state index in [-0.39, 0.29) is 0 Å². The minimum atomic E-state index is 0.303. The Morgan fingerprint density at radius 2 is 2.45 bits per heavy atom. The largest absolute Gasteiger partial charge is 0.294 e. The first-order valence-corrected chi connectivity index (χ1v) is 4.28. The van der Waals surface area contributed by atoms with E-state index < -0.39 is 0 Å². The van der Waals surface area contributed by atoms with Crippen molar-refractivity contribution in [3.8, 4) is 0 Å². The highest BCUT2D eigenvalue weighted by molar-refractivity contribution is 5.17. The molecule has 0 aromatic carbocycles. The Hall–Kier alpha value is -0.370. The first kappa shape index (κ1) is 7.29. The Morgan fingerprint density at radius 1 is 1.64 bits per heavy atom. The zero-order valence-corrected chi connectivity index (χ0v) is 6.94. The standard InChI is InChI=1S/C9H14FN/c1-9-3-2-4-11(9)7-8(5-9)6-10/h6H,2-5,7H2,1H3/b8-6+/t9-/m0/s1. The maximum Gasteiger partial charge on any atom is 0.0872 e. The van der Waals surface area contributed by atoms with Crippen LogP contribution in [0.1, 0.15) is 26.2 Å². The second kappa shape index (κ2) is 2.31. The summed E-state index contributed by atoms with van der Waals surface area (Å²) in [6, 6.07) is 0. The molecule has 2 rings (SSSR count). The highest BCUT2D eigenvalue weighted by atomic mass is 19.1. The molecule has 62 valence electrons. The lowest BCUT2D eigenvalue weighted by Gasteiger charge is -2.25. The SMILES string of the molecule is C[C@@]12CCCN1C/C(=C/F)C2. The van der Waals surface area contributed by atoms with Crippen LogP contribution in [0.3, 0.4) is 0 Å². The number of halogens is 1. The summed E-state index contributed by atoms with van der Waals surface area (Å²) < 4.78 is 12.2. The van der Waals surface area contributed by atoms with Crippen molar-refractivity contribution < 1.29 is 4.39 Å². The van der Waals surface area contributed by atoms with E-state index in [9.17, 15) is 4.39 Å². The van der Waals surface area contributed by atoms with Gasteiger partial charge in [0.05, 0.1) is 6.33 Å². The Balaban J connectivity index is 2.19. The van der Waals surface area contributed by atoms with Gasteiger partial charge in [0.1, 0.15) is 0 Å². The minimum absolute atomic E-state index is 0.303. The van der Waals surface area contributed by atoms with E-state index in [1.165, 1.54) is 12.8 Å². The van der Waals surface area contributed by atoms with Gasteiger partial charge in [-0.2, -0.15) is 0 Å². The van der Waals surface area contributed by atoms with Crippen molar-refractivity contribution >= 4 is 0 Å². The van der Waals surface area contributed by atoms with Gasteiger partial charge in [-0.1, -0.05) is 0 Å². The normalized spacial score (nSPS) is 41.8. The monoisotopic (exact) mass is 155 g/mol. The summed E-state index contributed by atoms with van der Waals surface area (Å²) >= 11 is 0. The first-order valence-electron chi connectivity index (χ1n) is 4.28. The van der Waals surface area contributed by atoms with Crippen molar-refractivity contribution in [2.24, 2.45) is 0 Å². The summed E-state index contributed by atoms with van der Waals surface area (Å²) in [7, 11) is 0. The zero-order valence-electron chi connectivity index (χ0n) is 6.94. The summed E-state index contributed by atoms with van der Waals surface area (Å²) in [5.74, 6) is 0. The molecule has 0 aromatic rings. The molecule has 0 N–H and O–H groups in total. The maximum atomic E-state index is 12.2. The molecule has 11 heavy (non-hydrogen) atoms. The molecule has 2 fully saturated rings. The number of hydrogen-bond donors (Lipinski definition) is 0. The van der Waals surface area contributed by atoms with Gasteiger partial charge in [0, 0.05) is 12.1 Å². The van der Waals surface area contributed by atoms with E-state index in [4.69, 9.17) is 0 Å². The highest BCUT2D eigenvalue weighted by Gasteiger charge is 2.42. The van der Waals surface area contributed by atoms with E-state index in [0.29, 0.717) is 5.54 Å². The van der Waals surface area contributed by atoms with E-state index in [0.717, 1.165) is 31.4 Å². The fraction of sp³-hybridized carbons (Fsp3) is 0.778. The fourth-order valence-electron chi connectivity index (χ4n) is 2.41. The van der Waals surface area contributed by atoms with Gasteiger partial charge in [0.25, 0.3) is 0 Å². The van der Waals surface area contributed by atoms with E-state index in [2.05, 4.69) is 11.8 Å². The molecule has 0 saturated carbocycles. The molecule has 0 aromatic heterocycles. The van der Waals surface area contributed by atoms with Crippen LogP contribution in [0.25, 0.3) is 0 Å². The van der Waals surface area contributed by atoms with Crippen LogP contribution in [0.15, 0.2) is 11.9 Å². The van der Waals surface area contributed by atoms with Gasteiger partial charge < -0.3 is 0 Å². The molecule has 0 bridgehead atoms. The number of hydrogen-bond acceptors (Lipinski definition) is 1. The molecule has 0 radical (unpaired) electrons. The van der Waals surface area contributed by atoms with Gasteiger partial charge in [0.15, 0.2) is 0 Å². The summed E-state index contributed by atoms with van der Waals surface area (Å²) in [5.41, 5.74) is 1.28. The predicted molar refractivity (Wildman–Crippen MR) is 43.0 cm³/mol. The average molecular weight is 155 g/mol. The average Bonchev–Trinajstić information content (AvgIpc) is 2.42. The van der Waals surface area contributed by atoms with Crippen LogP contribution in [-0.4, -0.2) is 23.5 Å². The zero-order chi connectivity index (χ0) is 7.90. The van der Waals surface area contributed by atoms with Crippen molar-refractivity contribution in [3.63, 3.8) is 0 Å². The van der Waals surface area contributed by atoms with Gasteiger partial charge in [-0.25, -0.2) is 4.39 Å². The molecule has 0 aliphatic carbocycles. The third kappa shape index (κ3) is 1.00. The van der Waals surface area contributed by atoms with Gasteiger partial charge in [-0.3, -0.25) is 4.90 Å². The lowest BCUT2D eigenvalue weighted by atomic mass is 9.96. The molecule has 2 aliphatic rings. The molecule has 2 heterocycles. The van der Waals surface area contributed by atoms with E-state index in [1.54, 1.807) is 0 Å². The molecule has 1 atom stereocenters. The van der Waals surface area contributed by atoms with Gasteiger partial charge >= 0.3 is 0 Å². The summed E-state index contributed by atoms with van der Waals surface area (Å²) in [4.78, 5) is 2.40. The number of nitrogens with zero attached hydrogens (tertiary/aromatic N) is 1. The quantitative estimate of drug-likeness (QED) is 0.518. The van der Waals surface area contributed by atoms with Crippen molar-refractivity contribution in [3.05, 3.63) is 11.9 Å². The van der Waals surface area contributed by atoms with Crippen LogP contribution in [0.4, 0.5) is 4.39 Å². The second-order valence-electron chi connectivity index (χ2n) is 3.97. The molecule has 2 saturated heterocycles. The smallest absolute Gasteiger partial charge is 0.0872 e. The minimum Gasteiger partial charge on any atom is -0.294 e. The fourth-order valence-corrected chi connectivity index (χ4v) is 2.41. The summed E-state index contributed by atoms with van der Waals surface area (Å²) in [6.07, 6.45) is 4.27. The van der Waals surface area contributed by atoms with Crippen molar-refractivity contribution in [2.45, 2.75) is 31.7 Å². The van der Waals surface area contributed by atoms with E-state index >= 15 is 0 Å². The third-order valence-corrected chi connectivity index (χ3v) is 3.06. The van der Waals surface area contributed by atoms with Crippen LogP contribution in [0.2, 0.25) is 0 Å². The Bertz CT molecular complexity index is 200. The molecule has 1 nitrogen and oxygen atoms in total. The Labute approximate surface area is 66.9 Å². The van der Waals surface area contributed by atoms with Gasteiger partial charge in [-0.05, 0) is 38.3 Å². The van der Waals surface area contributed by atoms with Crippen LogP contribution in [-0.2, 0) is 0 Å². The number of rotatable bonds is 0. The van der Waals surface area contributed by atoms with Crippen molar-refractivity contribution in [1.82, 2.24) is 4.90 Å². The predicted octanol–water partition coefficient (Wildman–Crippen LogP) is 2.10. The van der Waals surface area contributed by atoms with Gasteiger partial charge in [-0.15, -0.1) is 0 Å². The molecule has 2 heteroatoms. The molecule has 0 unspecified atom stereocenters. The van der Waals surface area contributed by atoms with E-state index in [1.807, 2.05) is 0 Å². The van der Waals surface area contributed by atoms with Crippen molar-refractivity contribution in [1.29, 1.82) is 0 Å². The summed E-state index contributed by atoms with van der Waals surface area (Å²) in [5, 5.41) is 0. The Morgan fingerprint density at radius 3 is 3.09 bits per heavy atom. The number of fused-ring (bicyclic) bond motifs is 1. The molecular formula is C9H14FN. The Kier molecular flexibility index (Phi) is 1.53. The molecule has 0 amide bonds. The van der Waals surface area contributed by atoms with Crippen LogP contribution in [0.5, 0.6) is 0 Å². The topological polar surface area (TPSA) is 3.24 Å². The lowest BCUT2D eigenvalue weighted by molar-refractivity contribution is 0.218. The highest BCUT2D eigenvalue weighted by Crippen LogP contribution is 2.40. The lowest BCUT2D eigenvalue weighted by Crippen LogP contribution is -2.34. The summed E-state index contributed by atoms with van der Waals surface area (Å²) in [6.45, 7) is 4.28.